The van der Waals surface area contributed by atoms with Gasteiger partial charge in [-0.05, 0) is 84.7 Å². The van der Waals surface area contributed by atoms with Crippen molar-refractivity contribution in [1.29, 1.82) is 0 Å². The molecule has 7 rings (SSSR count). The highest BCUT2D eigenvalue weighted by Crippen LogP contribution is 2.61. The lowest BCUT2D eigenvalue weighted by Gasteiger charge is -2.62. The van der Waals surface area contributed by atoms with E-state index in [1.54, 1.807) is 12.0 Å². The minimum atomic E-state index is -0.694. The van der Waals surface area contributed by atoms with Gasteiger partial charge in [0.1, 0.15) is 6.04 Å². The number of nitrogens with one attached hydrogen (secondary N) is 2. The Bertz CT molecular complexity index is 1390. The summed E-state index contributed by atoms with van der Waals surface area (Å²) in [6.07, 6.45) is 1.27. The van der Waals surface area contributed by atoms with E-state index in [-0.39, 0.29) is 29.9 Å². The number of aliphatic hydroxyl groups excluding tert-OH is 1. The number of carbonyl (C=O) groups excluding carboxylic acids is 2. The molecule has 0 radical (unpaired) electrons. The molecule has 3 N–H and O–H groups in total. The minimum absolute atomic E-state index is 0.0605. The van der Waals surface area contributed by atoms with Gasteiger partial charge < -0.3 is 20.5 Å². The van der Waals surface area contributed by atoms with Gasteiger partial charge in [-0.15, -0.1) is 0 Å². The van der Waals surface area contributed by atoms with Crippen LogP contribution in [0.5, 0.6) is 0 Å². The molecule has 5 fully saturated rings. The van der Waals surface area contributed by atoms with Crippen LogP contribution in [0.25, 0.3) is 11.1 Å². The number of hydroxylamine groups is 2. The molecule has 46 heavy (non-hydrogen) atoms. The van der Waals surface area contributed by atoms with E-state index in [4.69, 9.17) is 9.57 Å². The first-order valence-corrected chi connectivity index (χ1v) is 17.2. The van der Waals surface area contributed by atoms with Crippen LogP contribution in [0.3, 0.4) is 0 Å². The summed E-state index contributed by atoms with van der Waals surface area (Å²) in [5, 5.41) is 19.0. The summed E-state index contributed by atoms with van der Waals surface area (Å²) in [4.78, 5) is 35.5. The number of hydrogen-bond acceptors (Lipinski definition) is 7. The van der Waals surface area contributed by atoms with Gasteiger partial charge in [-0.3, -0.25) is 19.3 Å². The van der Waals surface area contributed by atoms with Crippen LogP contribution in [0.2, 0.25) is 0 Å². The summed E-state index contributed by atoms with van der Waals surface area (Å²) >= 11 is 0. The maximum atomic E-state index is 14.0. The fraction of sp³-hybridized carbons (Fsp3) is 0.622. The highest BCUT2D eigenvalue weighted by molar-refractivity contribution is 5.95. The SMILES string of the molecule is C[C@@H]1[C@@H](NC(=O)[C@@H]2[C@H]([C@H](C)O)[C@H](C)ON2Cc2cccc(-c3cccc(C(=O)NCCN4CCOCC4)c3)c2)C[C@H]2C[C@@H]1C2(C)C. The van der Waals surface area contributed by atoms with Crippen LogP contribution in [0.1, 0.15) is 63.4 Å². The topological polar surface area (TPSA) is 103 Å². The molecule has 2 saturated heterocycles. The zero-order valence-corrected chi connectivity index (χ0v) is 28.1. The van der Waals surface area contributed by atoms with Crippen molar-refractivity contribution in [3.8, 4) is 11.1 Å². The summed E-state index contributed by atoms with van der Waals surface area (Å²) in [5.74, 6) is 1.20. The predicted molar refractivity (Wildman–Crippen MR) is 178 cm³/mol. The number of rotatable bonds is 10. The van der Waals surface area contributed by atoms with Gasteiger partial charge in [-0.2, -0.15) is 5.06 Å². The molecule has 2 aliphatic heterocycles. The first-order chi connectivity index (χ1) is 22.0. The number of morpholine rings is 1. The molecule has 0 spiro atoms. The standard InChI is InChI=1S/C37H52N4O5/c1-23-31-20-30(37(31,4)5)21-32(23)39-36(44)34-33(24(2)42)25(3)46-41(34)22-26-8-6-9-27(18-26)28-10-7-11-29(19-28)35(43)38-12-13-40-14-16-45-17-15-40/h6-11,18-19,23-25,30-34,42H,12-17,20-22H2,1-5H3,(H,38,43)(H,39,44)/t23-,24-,25-,30+,31-,32-,33+,34-/m0/s1. The Morgan fingerprint density at radius 1 is 1.04 bits per heavy atom. The van der Waals surface area contributed by atoms with Crippen LogP contribution in [-0.2, 0) is 20.9 Å². The molecule has 2 aromatic rings. The lowest BCUT2D eigenvalue weighted by atomic mass is 9.45. The number of fused-ring (bicyclic) bond motifs is 2. The van der Waals surface area contributed by atoms with Gasteiger partial charge in [0.25, 0.3) is 5.91 Å². The van der Waals surface area contributed by atoms with Gasteiger partial charge >= 0.3 is 0 Å². The van der Waals surface area contributed by atoms with E-state index in [0.717, 1.165) is 56.0 Å². The molecular weight excluding hydrogens is 580 g/mol. The van der Waals surface area contributed by atoms with E-state index in [9.17, 15) is 14.7 Å². The summed E-state index contributed by atoms with van der Waals surface area (Å²) in [5.41, 5.74) is 3.89. The van der Waals surface area contributed by atoms with Gasteiger partial charge in [0.2, 0.25) is 5.91 Å². The number of amides is 2. The summed E-state index contributed by atoms with van der Waals surface area (Å²) in [7, 11) is 0. The van der Waals surface area contributed by atoms with Crippen LogP contribution < -0.4 is 10.6 Å². The first-order valence-electron chi connectivity index (χ1n) is 17.2. The lowest BCUT2D eigenvalue weighted by molar-refractivity contribution is -0.174. The Balaban J connectivity index is 1.12. The largest absolute Gasteiger partial charge is 0.393 e. The second-order valence-corrected chi connectivity index (χ2v) is 14.7. The van der Waals surface area contributed by atoms with Crippen LogP contribution in [0.15, 0.2) is 48.5 Å². The number of hydrogen-bond donors (Lipinski definition) is 3. The van der Waals surface area contributed by atoms with Crippen molar-refractivity contribution in [2.45, 2.75) is 78.3 Å². The highest BCUT2D eigenvalue weighted by atomic mass is 16.7. The van der Waals surface area contributed by atoms with E-state index >= 15 is 0 Å². The van der Waals surface area contributed by atoms with Crippen molar-refractivity contribution >= 4 is 11.8 Å². The zero-order chi connectivity index (χ0) is 32.6. The molecular formula is C37H52N4O5. The molecule has 9 nitrogen and oxygen atoms in total. The first kappa shape index (κ1) is 33.1. The fourth-order valence-electron chi connectivity index (χ4n) is 8.63. The second-order valence-electron chi connectivity index (χ2n) is 14.7. The summed E-state index contributed by atoms with van der Waals surface area (Å²) in [6, 6.07) is 15.4. The van der Waals surface area contributed by atoms with E-state index in [1.165, 1.54) is 6.42 Å². The molecule has 2 aromatic carbocycles. The third-order valence-electron chi connectivity index (χ3n) is 11.6. The zero-order valence-electron chi connectivity index (χ0n) is 28.1. The third-order valence-corrected chi connectivity index (χ3v) is 11.6. The third kappa shape index (κ3) is 6.76. The van der Waals surface area contributed by atoms with Gasteiger partial charge in [0.15, 0.2) is 0 Å². The van der Waals surface area contributed by atoms with E-state index in [1.807, 2.05) is 49.4 Å². The Morgan fingerprint density at radius 2 is 1.76 bits per heavy atom. The maximum Gasteiger partial charge on any atom is 0.251 e. The Kier molecular flexibility index (Phi) is 9.88. The normalized spacial score (nSPS) is 31.6. The van der Waals surface area contributed by atoms with Crippen molar-refractivity contribution in [2.75, 3.05) is 39.4 Å². The van der Waals surface area contributed by atoms with Gasteiger partial charge in [0.05, 0.1) is 32.0 Å². The van der Waals surface area contributed by atoms with Crippen molar-refractivity contribution in [1.82, 2.24) is 20.6 Å². The van der Waals surface area contributed by atoms with Crippen molar-refractivity contribution in [2.24, 2.45) is 29.1 Å². The van der Waals surface area contributed by atoms with Crippen molar-refractivity contribution < 1.29 is 24.3 Å². The molecule has 3 saturated carbocycles. The van der Waals surface area contributed by atoms with Crippen molar-refractivity contribution in [3.05, 3.63) is 59.7 Å². The molecule has 250 valence electrons. The lowest BCUT2D eigenvalue weighted by Crippen LogP contribution is -2.62. The Hall–Kier alpha value is -2.82. The van der Waals surface area contributed by atoms with Gasteiger partial charge in [-0.1, -0.05) is 51.1 Å². The Labute approximate surface area is 274 Å². The fourth-order valence-corrected chi connectivity index (χ4v) is 8.63. The number of benzene rings is 2. The number of carbonyl (C=O) groups is 2. The van der Waals surface area contributed by atoms with Crippen LogP contribution >= 0.6 is 0 Å². The van der Waals surface area contributed by atoms with E-state index in [2.05, 4.69) is 42.4 Å². The van der Waals surface area contributed by atoms with Crippen LogP contribution in [0.4, 0.5) is 0 Å². The predicted octanol–water partition coefficient (Wildman–Crippen LogP) is 4.10. The molecule has 9 heteroatoms. The average molecular weight is 633 g/mol. The molecule has 2 bridgehead atoms. The second kappa shape index (κ2) is 13.7. The minimum Gasteiger partial charge on any atom is -0.393 e. The maximum absolute atomic E-state index is 14.0. The van der Waals surface area contributed by atoms with E-state index < -0.39 is 12.1 Å². The molecule has 0 aromatic heterocycles. The van der Waals surface area contributed by atoms with Gasteiger partial charge in [-0.25, -0.2) is 0 Å². The molecule has 8 atom stereocenters. The molecule has 3 aliphatic carbocycles. The van der Waals surface area contributed by atoms with Gasteiger partial charge in [0, 0.05) is 43.7 Å². The molecule has 2 amide bonds. The monoisotopic (exact) mass is 632 g/mol. The highest BCUT2D eigenvalue weighted by Gasteiger charge is 2.57. The number of ether oxygens (including phenoxy) is 1. The molecule has 2 heterocycles. The number of nitrogens with zero attached hydrogens (tertiary/aromatic N) is 2. The van der Waals surface area contributed by atoms with E-state index in [0.29, 0.717) is 41.8 Å². The van der Waals surface area contributed by atoms with Crippen molar-refractivity contribution in [3.63, 3.8) is 0 Å². The summed E-state index contributed by atoms with van der Waals surface area (Å²) < 4.78 is 5.41. The molecule has 0 unspecified atom stereocenters. The number of aliphatic hydroxyl groups is 1. The summed E-state index contributed by atoms with van der Waals surface area (Å²) in [6.45, 7) is 15.8. The average Bonchev–Trinajstić information content (AvgIpc) is 3.37. The molecule has 5 aliphatic rings. The van der Waals surface area contributed by atoms with Crippen LogP contribution in [-0.4, -0.2) is 90.6 Å². The quantitative estimate of drug-likeness (QED) is 0.363. The Morgan fingerprint density at radius 3 is 2.46 bits per heavy atom. The van der Waals surface area contributed by atoms with Crippen LogP contribution in [0, 0.1) is 29.1 Å². The smallest absolute Gasteiger partial charge is 0.251 e.